The summed E-state index contributed by atoms with van der Waals surface area (Å²) in [5, 5.41) is 23.6. The number of halogens is 1. The fraction of sp³-hybridized carbons (Fsp3) is 0.0909. The molecular formula is C33H30ClNO2. The normalized spacial score (nSPS) is 10.9. The van der Waals surface area contributed by atoms with E-state index in [9.17, 15) is 10.2 Å². The summed E-state index contributed by atoms with van der Waals surface area (Å²) in [5.74, 6) is 0.439. The average molecular weight is 508 g/mol. The molecule has 0 saturated heterocycles. The fourth-order valence-corrected chi connectivity index (χ4v) is 4.79. The fourth-order valence-electron chi connectivity index (χ4n) is 4.79. The van der Waals surface area contributed by atoms with Crippen LogP contribution in [0.2, 0.25) is 0 Å². The summed E-state index contributed by atoms with van der Waals surface area (Å²) in [6.45, 7) is 0.678. The largest absolute Gasteiger partial charge is 0.508 e. The maximum absolute atomic E-state index is 9.89. The van der Waals surface area contributed by atoms with E-state index >= 15 is 0 Å². The number of nitrogens with one attached hydrogen (secondary N) is 1. The number of benzene rings is 5. The van der Waals surface area contributed by atoms with E-state index in [2.05, 4.69) is 78.1 Å². The van der Waals surface area contributed by atoms with Crippen LogP contribution in [0.25, 0.3) is 0 Å². The highest BCUT2D eigenvalue weighted by Gasteiger charge is 2.21. The van der Waals surface area contributed by atoms with Crippen LogP contribution in [-0.4, -0.2) is 10.2 Å². The standard InChI is InChI=1S/C33H29NO2.ClH/c35-29-19-15-24(16-20-29)32(25-17-21-30(36)22-18-25)31-14-8-7-13-28(31)23-34-33(26-9-3-1-4-10-26)27-11-5-2-6-12-27;/h1-22,32-36H,23H2;1H. The van der Waals surface area contributed by atoms with Crippen molar-refractivity contribution in [2.45, 2.75) is 18.5 Å². The van der Waals surface area contributed by atoms with Crippen molar-refractivity contribution in [3.63, 3.8) is 0 Å². The van der Waals surface area contributed by atoms with Gasteiger partial charge in [0.1, 0.15) is 11.5 Å². The highest BCUT2D eigenvalue weighted by molar-refractivity contribution is 5.85. The first kappa shape index (κ1) is 26.0. The van der Waals surface area contributed by atoms with Crippen LogP contribution >= 0.6 is 12.4 Å². The molecule has 0 aliphatic rings. The Morgan fingerprint density at radius 3 is 1.41 bits per heavy atom. The Hall–Kier alpha value is -4.05. The van der Waals surface area contributed by atoms with Crippen LogP contribution in [0.1, 0.15) is 45.3 Å². The summed E-state index contributed by atoms with van der Waals surface area (Å²) in [5.41, 5.74) is 6.97. The second-order valence-corrected chi connectivity index (χ2v) is 8.95. The van der Waals surface area contributed by atoms with Gasteiger partial charge in [0.2, 0.25) is 0 Å². The molecule has 5 rings (SSSR count). The number of rotatable bonds is 8. The van der Waals surface area contributed by atoms with E-state index in [1.54, 1.807) is 24.3 Å². The summed E-state index contributed by atoms with van der Waals surface area (Å²) >= 11 is 0. The molecule has 0 fully saturated rings. The van der Waals surface area contributed by atoms with Gasteiger partial charge in [0.15, 0.2) is 0 Å². The van der Waals surface area contributed by atoms with Gasteiger partial charge in [-0.05, 0) is 57.6 Å². The van der Waals surface area contributed by atoms with E-state index in [1.165, 1.54) is 22.3 Å². The molecule has 0 aromatic heterocycles. The molecule has 5 aromatic rings. The molecule has 3 nitrogen and oxygen atoms in total. The zero-order valence-corrected chi connectivity index (χ0v) is 21.2. The number of hydrogen-bond acceptors (Lipinski definition) is 3. The van der Waals surface area contributed by atoms with Crippen LogP contribution < -0.4 is 5.32 Å². The lowest BCUT2D eigenvalue weighted by atomic mass is 9.82. The first-order chi connectivity index (χ1) is 17.7. The van der Waals surface area contributed by atoms with Gasteiger partial charge < -0.3 is 15.5 Å². The molecule has 0 spiro atoms. The van der Waals surface area contributed by atoms with Crippen molar-refractivity contribution in [2.75, 3.05) is 0 Å². The predicted molar refractivity (Wildman–Crippen MR) is 152 cm³/mol. The van der Waals surface area contributed by atoms with Crippen molar-refractivity contribution in [1.29, 1.82) is 0 Å². The topological polar surface area (TPSA) is 52.5 Å². The first-order valence-corrected chi connectivity index (χ1v) is 12.2. The van der Waals surface area contributed by atoms with Gasteiger partial charge in [0, 0.05) is 12.5 Å². The molecule has 3 N–H and O–H groups in total. The van der Waals surface area contributed by atoms with Crippen LogP contribution in [-0.2, 0) is 6.54 Å². The molecule has 0 radical (unpaired) electrons. The number of phenolic OH excluding ortho intramolecular Hbond substituents is 2. The predicted octanol–water partition coefficient (Wildman–Crippen LogP) is 7.58. The van der Waals surface area contributed by atoms with Crippen LogP contribution in [0.4, 0.5) is 0 Å². The highest BCUT2D eigenvalue weighted by Crippen LogP contribution is 2.36. The minimum Gasteiger partial charge on any atom is -0.508 e. The lowest BCUT2D eigenvalue weighted by Gasteiger charge is -2.25. The van der Waals surface area contributed by atoms with Crippen molar-refractivity contribution >= 4 is 12.4 Å². The van der Waals surface area contributed by atoms with Crippen molar-refractivity contribution in [3.8, 4) is 11.5 Å². The second kappa shape index (κ2) is 12.3. The Bertz CT molecular complexity index is 1300. The minimum atomic E-state index is -0.0453. The number of hydrogen-bond donors (Lipinski definition) is 3. The van der Waals surface area contributed by atoms with Gasteiger partial charge in [-0.25, -0.2) is 0 Å². The third-order valence-corrected chi connectivity index (χ3v) is 6.58. The van der Waals surface area contributed by atoms with E-state index in [-0.39, 0.29) is 35.9 Å². The van der Waals surface area contributed by atoms with Gasteiger partial charge in [-0.3, -0.25) is 0 Å². The molecule has 0 heterocycles. The summed E-state index contributed by atoms with van der Waals surface area (Å²) in [7, 11) is 0. The van der Waals surface area contributed by atoms with Crippen molar-refractivity contribution < 1.29 is 10.2 Å². The molecule has 0 bridgehead atoms. The third-order valence-electron chi connectivity index (χ3n) is 6.58. The number of aromatic hydroxyl groups is 2. The highest BCUT2D eigenvalue weighted by atomic mass is 35.5. The van der Waals surface area contributed by atoms with E-state index in [0.29, 0.717) is 6.54 Å². The Morgan fingerprint density at radius 1 is 0.486 bits per heavy atom. The van der Waals surface area contributed by atoms with Gasteiger partial charge >= 0.3 is 0 Å². The van der Waals surface area contributed by atoms with E-state index < -0.39 is 0 Å². The second-order valence-electron chi connectivity index (χ2n) is 8.95. The summed E-state index contributed by atoms with van der Waals surface area (Å²) in [6, 6.07) is 44.3. The Kier molecular flexibility index (Phi) is 8.63. The monoisotopic (exact) mass is 507 g/mol. The van der Waals surface area contributed by atoms with Gasteiger partial charge in [0.05, 0.1) is 6.04 Å². The summed E-state index contributed by atoms with van der Waals surface area (Å²) < 4.78 is 0. The Labute approximate surface area is 224 Å². The zero-order chi connectivity index (χ0) is 24.7. The van der Waals surface area contributed by atoms with Crippen LogP contribution in [0.5, 0.6) is 11.5 Å². The lowest BCUT2D eigenvalue weighted by Crippen LogP contribution is -2.23. The molecule has 0 unspecified atom stereocenters. The molecule has 5 aromatic carbocycles. The quantitative estimate of drug-likeness (QED) is 0.190. The van der Waals surface area contributed by atoms with Crippen LogP contribution in [0, 0.1) is 0 Å². The van der Waals surface area contributed by atoms with E-state index in [0.717, 1.165) is 11.1 Å². The van der Waals surface area contributed by atoms with Gasteiger partial charge in [-0.1, -0.05) is 109 Å². The SMILES string of the molecule is Cl.Oc1ccc(C(c2ccc(O)cc2)c2ccccc2CNC(c2ccccc2)c2ccccc2)cc1. The molecule has 0 amide bonds. The molecule has 0 atom stereocenters. The molecule has 37 heavy (non-hydrogen) atoms. The zero-order valence-electron chi connectivity index (χ0n) is 20.4. The number of phenols is 2. The minimum absolute atomic E-state index is 0. The molecule has 0 aliphatic heterocycles. The lowest BCUT2D eigenvalue weighted by molar-refractivity contribution is 0.475. The van der Waals surface area contributed by atoms with Crippen molar-refractivity contribution in [1.82, 2.24) is 5.32 Å². The molecule has 0 aliphatic carbocycles. The van der Waals surface area contributed by atoms with E-state index in [4.69, 9.17) is 0 Å². The first-order valence-electron chi connectivity index (χ1n) is 12.2. The molecule has 0 saturated carbocycles. The molecular weight excluding hydrogens is 478 g/mol. The Balaban J connectivity index is 0.00000320. The molecule has 4 heteroatoms. The Morgan fingerprint density at radius 2 is 0.919 bits per heavy atom. The van der Waals surface area contributed by atoms with Crippen molar-refractivity contribution in [2.24, 2.45) is 0 Å². The maximum atomic E-state index is 9.89. The van der Waals surface area contributed by atoms with Gasteiger partial charge in [0.25, 0.3) is 0 Å². The van der Waals surface area contributed by atoms with Crippen LogP contribution in [0.3, 0.4) is 0 Å². The van der Waals surface area contributed by atoms with Crippen molar-refractivity contribution in [3.05, 3.63) is 167 Å². The maximum Gasteiger partial charge on any atom is 0.115 e. The third kappa shape index (κ3) is 6.21. The summed E-state index contributed by atoms with van der Waals surface area (Å²) in [6.07, 6.45) is 0. The van der Waals surface area contributed by atoms with Crippen LogP contribution in [0.15, 0.2) is 133 Å². The smallest absolute Gasteiger partial charge is 0.115 e. The summed E-state index contributed by atoms with van der Waals surface area (Å²) in [4.78, 5) is 0. The van der Waals surface area contributed by atoms with Gasteiger partial charge in [-0.15, -0.1) is 12.4 Å². The van der Waals surface area contributed by atoms with E-state index in [1.807, 2.05) is 36.4 Å². The van der Waals surface area contributed by atoms with Gasteiger partial charge in [-0.2, -0.15) is 0 Å². The molecule has 186 valence electrons. The average Bonchev–Trinajstić information content (AvgIpc) is 2.93.